The molecule has 0 aromatic carbocycles. The highest BCUT2D eigenvalue weighted by atomic mass is 32.2. The number of hydrogen-bond donors (Lipinski definition) is 2. The summed E-state index contributed by atoms with van der Waals surface area (Å²) >= 11 is 1.41. The second kappa shape index (κ2) is 6.51. The van der Waals surface area contributed by atoms with Crippen LogP contribution in [0.1, 0.15) is 0 Å². The van der Waals surface area contributed by atoms with Crippen LogP contribution in [0.5, 0.6) is 0 Å². The van der Waals surface area contributed by atoms with E-state index in [9.17, 15) is 9.59 Å². The van der Waals surface area contributed by atoms with Crippen LogP contribution in [-0.4, -0.2) is 69.4 Å². The van der Waals surface area contributed by atoms with E-state index in [1.54, 1.807) is 6.08 Å². The molecule has 1 saturated heterocycles. The number of carboxylic acid groups (broad SMARTS) is 1. The molecular weight excluding hydrogens is 244 g/mol. The van der Waals surface area contributed by atoms with Crippen molar-refractivity contribution in [1.29, 1.82) is 0 Å². The van der Waals surface area contributed by atoms with Gasteiger partial charge in [-0.25, -0.2) is 9.59 Å². The molecule has 1 rings (SSSR count). The SMILES string of the molecule is C=CCN(CCO)C(=O)N1CSC[C@H]1C(=O)O. The maximum absolute atomic E-state index is 12.1. The number of aliphatic hydroxyl groups excluding tert-OH is 1. The Morgan fingerprint density at radius 1 is 1.59 bits per heavy atom. The number of aliphatic carboxylic acids is 1. The summed E-state index contributed by atoms with van der Waals surface area (Å²) in [6, 6.07) is -1.14. The third-order valence-corrected chi connectivity index (χ3v) is 3.42. The molecule has 1 aliphatic heterocycles. The van der Waals surface area contributed by atoms with Crippen molar-refractivity contribution in [3.63, 3.8) is 0 Å². The Kier molecular flexibility index (Phi) is 5.30. The Labute approximate surface area is 104 Å². The van der Waals surface area contributed by atoms with Gasteiger partial charge in [-0.3, -0.25) is 0 Å². The molecule has 0 aliphatic carbocycles. The number of urea groups is 1. The van der Waals surface area contributed by atoms with Gasteiger partial charge in [-0.2, -0.15) is 0 Å². The zero-order chi connectivity index (χ0) is 12.8. The minimum Gasteiger partial charge on any atom is -0.480 e. The normalized spacial score (nSPS) is 19.1. The average molecular weight is 260 g/mol. The molecule has 0 aromatic rings. The fourth-order valence-corrected chi connectivity index (χ4v) is 2.70. The van der Waals surface area contributed by atoms with Crippen molar-refractivity contribution >= 4 is 23.8 Å². The topological polar surface area (TPSA) is 81.1 Å². The van der Waals surface area contributed by atoms with E-state index in [4.69, 9.17) is 10.2 Å². The summed E-state index contributed by atoms with van der Waals surface area (Å²) in [5, 5.41) is 17.8. The number of amides is 2. The molecule has 0 bridgehead atoms. The van der Waals surface area contributed by atoms with Gasteiger partial charge in [0, 0.05) is 18.8 Å². The number of thioether (sulfide) groups is 1. The van der Waals surface area contributed by atoms with Gasteiger partial charge in [-0.1, -0.05) is 6.08 Å². The number of aliphatic hydroxyl groups is 1. The molecule has 1 heterocycles. The summed E-state index contributed by atoms with van der Waals surface area (Å²) in [7, 11) is 0. The van der Waals surface area contributed by atoms with Crippen LogP contribution in [0, 0.1) is 0 Å². The first kappa shape index (κ1) is 13.9. The van der Waals surface area contributed by atoms with E-state index in [1.165, 1.54) is 21.6 Å². The highest BCUT2D eigenvalue weighted by molar-refractivity contribution is 7.99. The Morgan fingerprint density at radius 2 is 2.29 bits per heavy atom. The maximum atomic E-state index is 12.1. The van der Waals surface area contributed by atoms with Crippen molar-refractivity contribution in [2.45, 2.75) is 6.04 Å². The third-order valence-electron chi connectivity index (χ3n) is 2.40. The Hall–Kier alpha value is -1.21. The zero-order valence-electron chi connectivity index (χ0n) is 9.41. The van der Waals surface area contributed by atoms with E-state index in [-0.39, 0.29) is 19.2 Å². The van der Waals surface area contributed by atoms with Gasteiger partial charge in [0.05, 0.1) is 12.5 Å². The smallest absolute Gasteiger partial charge is 0.327 e. The number of rotatable bonds is 5. The Bertz CT molecular complexity index is 311. The third kappa shape index (κ3) is 3.37. The summed E-state index contributed by atoms with van der Waals surface area (Å²) in [5.74, 6) is -0.220. The molecule has 1 atom stereocenters. The van der Waals surface area contributed by atoms with Crippen LogP contribution in [0.2, 0.25) is 0 Å². The van der Waals surface area contributed by atoms with Crippen LogP contribution in [-0.2, 0) is 4.79 Å². The quantitative estimate of drug-likeness (QED) is 0.682. The molecular formula is C10H16N2O4S. The Morgan fingerprint density at radius 3 is 2.82 bits per heavy atom. The number of hydrogen-bond acceptors (Lipinski definition) is 4. The molecule has 7 heteroatoms. The van der Waals surface area contributed by atoms with Gasteiger partial charge in [-0.15, -0.1) is 18.3 Å². The lowest BCUT2D eigenvalue weighted by Gasteiger charge is -2.28. The van der Waals surface area contributed by atoms with Gasteiger partial charge in [0.2, 0.25) is 0 Å². The predicted octanol–water partition coefficient (Wildman–Crippen LogP) is 0.0462. The standard InChI is InChI=1S/C10H16N2O4S/c1-2-3-11(4-5-13)10(16)12-7-17-6-8(12)9(14)15/h2,8,13H,1,3-7H2,(H,14,15)/t8-/m0/s1. The predicted molar refractivity (Wildman–Crippen MR) is 64.8 cm³/mol. The number of carboxylic acids is 1. The molecule has 1 fully saturated rings. The summed E-state index contributed by atoms with van der Waals surface area (Å²) in [4.78, 5) is 25.7. The summed E-state index contributed by atoms with van der Waals surface area (Å²) in [6.45, 7) is 3.85. The lowest BCUT2D eigenvalue weighted by atomic mass is 10.3. The van der Waals surface area contributed by atoms with E-state index in [1.807, 2.05) is 0 Å². The highest BCUT2D eigenvalue weighted by Gasteiger charge is 2.36. The highest BCUT2D eigenvalue weighted by Crippen LogP contribution is 2.22. The molecule has 2 N–H and O–H groups in total. The number of nitrogens with zero attached hydrogens (tertiary/aromatic N) is 2. The van der Waals surface area contributed by atoms with Crippen molar-refractivity contribution < 1.29 is 19.8 Å². The van der Waals surface area contributed by atoms with Crippen molar-refractivity contribution in [1.82, 2.24) is 9.80 Å². The first-order valence-electron chi connectivity index (χ1n) is 5.19. The number of carbonyl (C=O) groups excluding carboxylic acids is 1. The lowest BCUT2D eigenvalue weighted by molar-refractivity contribution is -0.140. The van der Waals surface area contributed by atoms with Crippen LogP contribution >= 0.6 is 11.8 Å². The van der Waals surface area contributed by atoms with Gasteiger partial charge in [0.15, 0.2) is 0 Å². The van der Waals surface area contributed by atoms with Crippen LogP contribution in [0.3, 0.4) is 0 Å². The fraction of sp³-hybridized carbons (Fsp3) is 0.600. The molecule has 0 saturated carbocycles. The van der Waals surface area contributed by atoms with E-state index in [2.05, 4.69) is 6.58 Å². The molecule has 96 valence electrons. The van der Waals surface area contributed by atoms with Crippen molar-refractivity contribution in [3.8, 4) is 0 Å². The lowest BCUT2D eigenvalue weighted by Crippen LogP contribution is -2.49. The van der Waals surface area contributed by atoms with Crippen LogP contribution in [0.25, 0.3) is 0 Å². The average Bonchev–Trinajstić information content (AvgIpc) is 2.76. The minimum absolute atomic E-state index is 0.154. The van der Waals surface area contributed by atoms with E-state index < -0.39 is 12.0 Å². The van der Waals surface area contributed by atoms with E-state index >= 15 is 0 Å². The number of carbonyl (C=O) groups is 2. The van der Waals surface area contributed by atoms with Crippen molar-refractivity contribution in [2.24, 2.45) is 0 Å². The Balaban J connectivity index is 2.71. The van der Waals surface area contributed by atoms with Gasteiger partial charge < -0.3 is 20.0 Å². The molecule has 0 unspecified atom stereocenters. The molecule has 0 radical (unpaired) electrons. The van der Waals surface area contributed by atoms with Gasteiger partial charge in [-0.05, 0) is 0 Å². The van der Waals surface area contributed by atoms with E-state index in [0.29, 0.717) is 18.2 Å². The van der Waals surface area contributed by atoms with Gasteiger partial charge in [0.1, 0.15) is 6.04 Å². The molecule has 1 aliphatic rings. The van der Waals surface area contributed by atoms with E-state index in [0.717, 1.165) is 0 Å². The largest absolute Gasteiger partial charge is 0.480 e. The molecule has 0 spiro atoms. The second-order valence-electron chi connectivity index (χ2n) is 3.56. The molecule has 0 aromatic heterocycles. The van der Waals surface area contributed by atoms with Crippen molar-refractivity contribution in [3.05, 3.63) is 12.7 Å². The first-order chi connectivity index (χ1) is 8.11. The fourth-order valence-electron chi connectivity index (χ4n) is 1.56. The monoisotopic (exact) mass is 260 g/mol. The molecule has 17 heavy (non-hydrogen) atoms. The molecule has 6 nitrogen and oxygen atoms in total. The summed E-state index contributed by atoms with van der Waals surface area (Å²) in [6.07, 6.45) is 1.55. The van der Waals surface area contributed by atoms with Gasteiger partial charge >= 0.3 is 12.0 Å². The van der Waals surface area contributed by atoms with Crippen LogP contribution in [0.15, 0.2) is 12.7 Å². The van der Waals surface area contributed by atoms with Gasteiger partial charge in [0.25, 0.3) is 0 Å². The van der Waals surface area contributed by atoms with Crippen LogP contribution < -0.4 is 0 Å². The molecule has 2 amide bonds. The zero-order valence-corrected chi connectivity index (χ0v) is 10.2. The summed E-state index contributed by atoms with van der Waals surface area (Å²) < 4.78 is 0. The second-order valence-corrected chi connectivity index (χ2v) is 4.56. The first-order valence-corrected chi connectivity index (χ1v) is 6.35. The maximum Gasteiger partial charge on any atom is 0.327 e. The van der Waals surface area contributed by atoms with Crippen molar-refractivity contribution in [2.75, 3.05) is 31.3 Å². The minimum atomic E-state index is -0.995. The van der Waals surface area contributed by atoms with Crippen LogP contribution in [0.4, 0.5) is 4.79 Å². The summed E-state index contributed by atoms with van der Waals surface area (Å²) in [5.41, 5.74) is 0.